The average molecular weight is 343 g/mol. The van der Waals surface area contributed by atoms with Gasteiger partial charge in [-0.15, -0.1) is 0 Å². The smallest absolute Gasteiger partial charge is 0.251 e. The summed E-state index contributed by atoms with van der Waals surface area (Å²) in [5.74, 6) is 0.655. The van der Waals surface area contributed by atoms with Crippen LogP contribution in [0.25, 0.3) is 0 Å². The fraction of sp³-hybridized carbons (Fsp3) is 0.600. The lowest BCUT2D eigenvalue weighted by atomic mass is 9.59. The molecule has 1 aliphatic heterocycles. The zero-order valence-corrected chi connectivity index (χ0v) is 15.3. The predicted molar refractivity (Wildman–Crippen MR) is 99.6 cm³/mol. The van der Waals surface area contributed by atoms with E-state index in [4.69, 9.17) is 0 Å². The van der Waals surface area contributed by atoms with E-state index >= 15 is 0 Å². The van der Waals surface area contributed by atoms with Gasteiger partial charge in [0.1, 0.15) is 0 Å². The molecule has 1 saturated carbocycles. The molecule has 1 atom stereocenters. The Hall–Kier alpha value is -1.88. The van der Waals surface area contributed by atoms with Crippen molar-refractivity contribution in [2.45, 2.75) is 39.5 Å². The summed E-state index contributed by atoms with van der Waals surface area (Å²) in [5.41, 5.74) is 1.70. The minimum atomic E-state index is -0.115. The van der Waals surface area contributed by atoms with E-state index in [1.54, 1.807) is 18.2 Å². The van der Waals surface area contributed by atoms with Gasteiger partial charge in [-0.1, -0.05) is 19.4 Å². The second-order valence-corrected chi connectivity index (χ2v) is 7.60. The number of rotatable bonds is 5. The van der Waals surface area contributed by atoms with Crippen LogP contribution in [0.2, 0.25) is 0 Å². The Morgan fingerprint density at radius 3 is 2.80 bits per heavy atom. The van der Waals surface area contributed by atoms with Crippen LogP contribution in [0, 0.1) is 11.3 Å². The second kappa shape index (κ2) is 7.56. The summed E-state index contributed by atoms with van der Waals surface area (Å²) in [4.78, 5) is 26.6. The van der Waals surface area contributed by atoms with E-state index < -0.39 is 0 Å². The zero-order valence-electron chi connectivity index (χ0n) is 15.3. The third kappa shape index (κ3) is 4.03. The summed E-state index contributed by atoms with van der Waals surface area (Å²) in [6.07, 6.45) is 5.12. The summed E-state index contributed by atoms with van der Waals surface area (Å²) >= 11 is 0. The van der Waals surface area contributed by atoms with E-state index in [1.165, 1.54) is 25.7 Å². The first kappa shape index (κ1) is 17.9. The lowest BCUT2D eigenvalue weighted by Crippen LogP contribution is -2.53. The fourth-order valence-electron chi connectivity index (χ4n) is 4.18. The molecule has 2 N–H and O–H groups in total. The monoisotopic (exact) mass is 343 g/mol. The van der Waals surface area contributed by atoms with E-state index in [-0.39, 0.29) is 11.8 Å². The molecule has 1 unspecified atom stereocenters. The maximum atomic E-state index is 12.4. The topological polar surface area (TPSA) is 61.4 Å². The number of hydrogen-bond acceptors (Lipinski definition) is 3. The maximum Gasteiger partial charge on any atom is 0.251 e. The van der Waals surface area contributed by atoms with E-state index in [1.807, 2.05) is 13.0 Å². The van der Waals surface area contributed by atoms with Crippen LogP contribution in [-0.2, 0) is 4.79 Å². The number of anilines is 1. The molecule has 2 aliphatic rings. The quantitative estimate of drug-likeness (QED) is 0.864. The highest BCUT2D eigenvalue weighted by Crippen LogP contribution is 2.50. The molecule has 1 spiro atoms. The van der Waals surface area contributed by atoms with Crippen molar-refractivity contribution in [2.24, 2.45) is 11.3 Å². The van der Waals surface area contributed by atoms with Gasteiger partial charge in [0.25, 0.3) is 5.91 Å². The van der Waals surface area contributed by atoms with Crippen LogP contribution < -0.4 is 10.6 Å². The highest BCUT2D eigenvalue weighted by Gasteiger charge is 2.45. The van der Waals surface area contributed by atoms with Gasteiger partial charge in [0.15, 0.2) is 0 Å². The standard InChI is InChI=1S/C20H29N3O2/c1-3-21-19(25)16-6-4-7-17(12-16)22-18(24)13-23-11-8-15(2)20(14-23)9-5-10-20/h4,6-7,12,15H,3,5,8-11,13-14H2,1-2H3,(H,21,25)(H,22,24). The van der Waals surface area contributed by atoms with Crippen LogP contribution in [0.15, 0.2) is 24.3 Å². The largest absolute Gasteiger partial charge is 0.352 e. The Balaban J connectivity index is 1.56. The van der Waals surface area contributed by atoms with E-state index in [0.717, 1.165) is 19.0 Å². The number of benzene rings is 1. The number of nitrogens with one attached hydrogen (secondary N) is 2. The van der Waals surface area contributed by atoms with Crippen LogP contribution in [-0.4, -0.2) is 42.9 Å². The molecule has 1 aromatic carbocycles. The molecular weight excluding hydrogens is 314 g/mol. The molecule has 1 aromatic rings. The highest BCUT2D eigenvalue weighted by atomic mass is 16.2. The van der Waals surface area contributed by atoms with Gasteiger partial charge in [-0.05, 0) is 62.3 Å². The third-order valence-corrected chi connectivity index (χ3v) is 5.92. The zero-order chi connectivity index (χ0) is 17.9. The van der Waals surface area contributed by atoms with E-state index in [0.29, 0.717) is 29.8 Å². The molecule has 1 heterocycles. The second-order valence-electron chi connectivity index (χ2n) is 7.60. The van der Waals surface area contributed by atoms with Crippen molar-refractivity contribution in [3.8, 4) is 0 Å². The maximum absolute atomic E-state index is 12.4. The fourth-order valence-corrected chi connectivity index (χ4v) is 4.18. The Morgan fingerprint density at radius 1 is 1.32 bits per heavy atom. The highest BCUT2D eigenvalue weighted by molar-refractivity contribution is 5.97. The van der Waals surface area contributed by atoms with E-state index in [2.05, 4.69) is 22.5 Å². The summed E-state index contributed by atoms with van der Waals surface area (Å²) < 4.78 is 0. The number of likely N-dealkylation sites (tertiary alicyclic amines) is 1. The molecule has 1 saturated heterocycles. The minimum absolute atomic E-state index is 0.00271. The van der Waals surface area contributed by atoms with Crippen LogP contribution >= 0.6 is 0 Å². The number of nitrogens with zero attached hydrogens (tertiary/aromatic N) is 1. The molecule has 2 amide bonds. The number of carbonyl (C=O) groups excluding carboxylic acids is 2. The molecule has 1 aliphatic carbocycles. The predicted octanol–water partition coefficient (Wildman–Crippen LogP) is 2.89. The number of amides is 2. The average Bonchev–Trinajstić information content (AvgIpc) is 2.55. The first-order valence-corrected chi connectivity index (χ1v) is 9.43. The van der Waals surface area contributed by atoms with Crippen molar-refractivity contribution >= 4 is 17.5 Å². The normalized spacial score (nSPS) is 22.2. The molecule has 25 heavy (non-hydrogen) atoms. The van der Waals surface area contributed by atoms with Gasteiger partial charge < -0.3 is 10.6 Å². The molecule has 136 valence electrons. The van der Waals surface area contributed by atoms with Crippen LogP contribution in [0.1, 0.15) is 49.9 Å². The molecule has 0 aromatic heterocycles. The molecule has 2 fully saturated rings. The Bertz CT molecular complexity index is 640. The van der Waals surface area contributed by atoms with Gasteiger partial charge >= 0.3 is 0 Å². The first-order chi connectivity index (χ1) is 12.0. The van der Waals surface area contributed by atoms with Crippen LogP contribution in [0.3, 0.4) is 0 Å². The Morgan fingerprint density at radius 2 is 2.12 bits per heavy atom. The van der Waals surface area contributed by atoms with Gasteiger partial charge in [-0.25, -0.2) is 0 Å². The van der Waals surface area contributed by atoms with E-state index in [9.17, 15) is 9.59 Å². The van der Waals surface area contributed by atoms with Crippen molar-refractivity contribution in [3.63, 3.8) is 0 Å². The summed E-state index contributed by atoms with van der Waals surface area (Å²) in [6.45, 7) is 7.31. The van der Waals surface area contributed by atoms with Gasteiger partial charge in [-0.2, -0.15) is 0 Å². The van der Waals surface area contributed by atoms with Gasteiger partial charge in [0.05, 0.1) is 6.54 Å². The van der Waals surface area contributed by atoms with Gasteiger partial charge in [-0.3, -0.25) is 14.5 Å². The SMILES string of the molecule is CCNC(=O)c1cccc(NC(=O)CN2CCC(C)C3(CCC3)C2)c1. The van der Waals surface area contributed by atoms with Gasteiger partial charge in [0.2, 0.25) is 5.91 Å². The molecule has 5 nitrogen and oxygen atoms in total. The number of hydrogen-bond donors (Lipinski definition) is 2. The van der Waals surface area contributed by atoms with Crippen molar-refractivity contribution in [2.75, 3.05) is 31.5 Å². The number of piperidine rings is 1. The summed E-state index contributed by atoms with van der Waals surface area (Å²) in [7, 11) is 0. The Labute approximate surface area is 150 Å². The molecule has 3 rings (SSSR count). The molecular formula is C20H29N3O2. The van der Waals surface area contributed by atoms with Crippen molar-refractivity contribution in [1.82, 2.24) is 10.2 Å². The Kier molecular flexibility index (Phi) is 5.42. The van der Waals surface area contributed by atoms with Crippen molar-refractivity contribution in [3.05, 3.63) is 29.8 Å². The van der Waals surface area contributed by atoms with Crippen molar-refractivity contribution < 1.29 is 9.59 Å². The lowest BCUT2D eigenvalue weighted by Gasteiger charge is -2.53. The lowest BCUT2D eigenvalue weighted by molar-refractivity contribution is -0.119. The van der Waals surface area contributed by atoms with Gasteiger partial charge in [0, 0.05) is 24.3 Å². The molecule has 0 radical (unpaired) electrons. The van der Waals surface area contributed by atoms with Crippen LogP contribution in [0.4, 0.5) is 5.69 Å². The molecule has 0 bridgehead atoms. The number of carbonyl (C=O) groups is 2. The first-order valence-electron chi connectivity index (χ1n) is 9.43. The molecule has 5 heteroatoms. The summed E-state index contributed by atoms with van der Waals surface area (Å²) in [5, 5.41) is 5.71. The summed E-state index contributed by atoms with van der Waals surface area (Å²) in [6, 6.07) is 7.11. The minimum Gasteiger partial charge on any atom is -0.352 e. The van der Waals surface area contributed by atoms with Crippen molar-refractivity contribution in [1.29, 1.82) is 0 Å². The third-order valence-electron chi connectivity index (χ3n) is 5.92. The van der Waals surface area contributed by atoms with Crippen LogP contribution in [0.5, 0.6) is 0 Å².